The van der Waals surface area contributed by atoms with E-state index in [-0.39, 0.29) is 11.6 Å². The summed E-state index contributed by atoms with van der Waals surface area (Å²) in [5.41, 5.74) is 0.732. The Bertz CT molecular complexity index is 752. The van der Waals surface area contributed by atoms with Crippen LogP contribution in [0.3, 0.4) is 0 Å². The molecule has 1 amide bonds. The molecule has 0 radical (unpaired) electrons. The normalized spacial score (nSPS) is 10.9. The van der Waals surface area contributed by atoms with Crippen LogP contribution in [0.5, 0.6) is 11.5 Å². The predicted molar refractivity (Wildman–Crippen MR) is 91.9 cm³/mol. The second-order valence-electron chi connectivity index (χ2n) is 4.86. The molecule has 2 rings (SSSR count). The molecule has 2 aromatic carbocycles. The Kier molecular flexibility index (Phi) is 5.98. The van der Waals surface area contributed by atoms with E-state index >= 15 is 0 Å². The second kappa shape index (κ2) is 8.17. The summed E-state index contributed by atoms with van der Waals surface area (Å²) in [6, 6.07) is 13.4. The first kappa shape index (κ1) is 17.6. The van der Waals surface area contributed by atoms with E-state index in [1.54, 1.807) is 55.6 Å². The summed E-state index contributed by atoms with van der Waals surface area (Å²) in [5.74, 6) is -0.0611. The van der Waals surface area contributed by atoms with E-state index in [9.17, 15) is 9.59 Å². The molecule has 0 aliphatic rings. The molecule has 24 heavy (non-hydrogen) atoms. The number of esters is 1. The minimum atomic E-state index is -0.676. The number of carbonyl (C=O) groups is 2. The lowest BCUT2D eigenvalue weighted by molar-refractivity contribution is -0.132. The first-order valence-electron chi connectivity index (χ1n) is 7.09. The van der Waals surface area contributed by atoms with Crippen LogP contribution in [0.1, 0.15) is 12.5 Å². The molecule has 0 heterocycles. The zero-order valence-electron chi connectivity index (χ0n) is 13.2. The quantitative estimate of drug-likeness (QED) is 0.512. The fourth-order valence-corrected chi connectivity index (χ4v) is 1.99. The van der Waals surface area contributed by atoms with Gasteiger partial charge >= 0.3 is 5.97 Å². The minimum absolute atomic E-state index is 0.0284. The van der Waals surface area contributed by atoms with Crippen molar-refractivity contribution in [3.05, 3.63) is 64.8 Å². The van der Waals surface area contributed by atoms with Crippen molar-refractivity contribution in [3.8, 4) is 11.5 Å². The molecule has 0 saturated carbocycles. The SMILES string of the molecule is COc1ccc(OC(=O)/C(=C\c2ccc(Cl)cc2)NC(C)=O)cc1. The average Bonchev–Trinajstić information content (AvgIpc) is 2.56. The molecule has 6 heteroatoms. The maximum absolute atomic E-state index is 12.3. The van der Waals surface area contributed by atoms with Crippen LogP contribution in [0, 0.1) is 0 Å². The topological polar surface area (TPSA) is 64.6 Å². The maximum atomic E-state index is 12.3. The van der Waals surface area contributed by atoms with Crippen LogP contribution >= 0.6 is 11.6 Å². The minimum Gasteiger partial charge on any atom is -0.497 e. The van der Waals surface area contributed by atoms with Crippen LogP contribution in [0.4, 0.5) is 0 Å². The van der Waals surface area contributed by atoms with Crippen molar-refractivity contribution in [2.24, 2.45) is 0 Å². The van der Waals surface area contributed by atoms with Crippen molar-refractivity contribution in [2.75, 3.05) is 7.11 Å². The Morgan fingerprint density at radius 2 is 1.58 bits per heavy atom. The Labute approximate surface area is 144 Å². The van der Waals surface area contributed by atoms with Crippen LogP contribution in [-0.2, 0) is 9.59 Å². The van der Waals surface area contributed by atoms with Crippen LogP contribution in [0.2, 0.25) is 5.02 Å². The third kappa shape index (κ3) is 5.14. The van der Waals surface area contributed by atoms with Crippen molar-refractivity contribution in [1.82, 2.24) is 5.32 Å². The van der Waals surface area contributed by atoms with Gasteiger partial charge in [0.2, 0.25) is 5.91 Å². The van der Waals surface area contributed by atoms with Gasteiger partial charge in [0.15, 0.2) is 0 Å². The highest BCUT2D eigenvalue weighted by Crippen LogP contribution is 2.18. The Hall–Kier alpha value is -2.79. The van der Waals surface area contributed by atoms with Gasteiger partial charge in [0.05, 0.1) is 7.11 Å². The molecule has 0 saturated heterocycles. The summed E-state index contributed by atoms with van der Waals surface area (Å²) in [6.07, 6.45) is 1.52. The monoisotopic (exact) mass is 345 g/mol. The van der Waals surface area contributed by atoms with Crippen molar-refractivity contribution in [2.45, 2.75) is 6.92 Å². The summed E-state index contributed by atoms with van der Waals surface area (Å²) < 4.78 is 10.3. The number of hydrogen-bond acceptors (Lipinski definition) is 4. The summed E-state index contributed by atoms with van der Waals surface area (Å²) in [6.45, 7) is 1.32. The van der Waals surface area contributed by atoms with Crippen LogP contribution in [0.25, 0.3) is 6.08 Å². The summed E-state index contributed by atoms with van der Waals surface area (Å²) >= 11 is 5.83. The number of ether oxygens (including phenoxy) is 2. The van der Waals surface area contributed by atoms with Crippen LogP contribution in [-0.4, -0.2) is 19.0 Å². The number of halogens is 1. The van der Waals surface area contributed by atoms with Gasteiger partial charge in [-0.1, -0.05) is 23.7 Å². The zero-order chi connectivity index (χ0) is 17.5. The molecule has 0 aliphatic heterocycles. The van der Waals surface area contributed by atoms with Gasteiger partial charge in [-0.3, -0.25) is 4.79 Å². The fourth-order valence-electron chi connectivity index (χ4n) is 1.87. The predicted octanol–water partition coefficient (Wildman–Crippen LogP) is 3.43. The highest BCUT2D eigenvalue weighted by atomic mass is 35.5. The van der Waals surface area contributed by atoms with Gasteiger partial charge in [-0.05, 0) is 48.0 Å². The number of methoxy groups -OCH3 is 1. The van der Waals surface area contributed by atoms with E-state index < -0.39 is 5.97 Å². The summed E-state index contributed by atoms with van der Waals surface area (Å²) in [5, 5.41) is 3.05. The number of rotatable bonds is 5. The molecule has 0 spiro atoms. The first-order chi connectivity index (χ1) is 11.5. The third-order valence-corrected chi connectivity index (χ3v) is 3.23. The van der Waals surface area contributed by atoms with Crippen molar-refractivity contribution in [1.29, 1.82) is 0 Å². The van der Waals surface area contributed by atoms with Gasteiger partial charge in [-0.25, -0.2) is 4.79 Å². The smallest absolute Gasteiger partial charge is 0.360 e. The fraction of sp³-hybridized carbons (Fsp3) is 0.111. The molecule has 0 atom stereocenters. The van der Waals surface area contributed by atoms with E-state index in [2.05, 4.69) is 5.32 Å². The average molecular weight is 346 g/mol. The molecule has 1 N–H and O–H groups in total. The van der Waals surface area contributed by atoms with Crippen molar-refractivity contribution in [3.63, 3.8) is 0 Å². The van der Waals surface area contributed by atoms with Crippen LogP contribution < -0.4 is 14.8 Å². The molecule has 0 aromatic heterocycles. The summed E-state index contributed by atoms with van der Waals surface area (Å²) in [4.78, 5) is 23.7. The number of hydrogen-bond donors (Lipinski definition) is 1. The van der Waals surface area contributed by atoms with E-state index in [1.165, 1.54) is 13.0 Å². The van der Waals surface area contributed by atoms with E-state index in [4.69, 9.17) is 21.1 Å². The molecular formula is C18H16ClNO4. The van der Waals surface area contributed by atoms with Gasteiger partial charge in [0.25, 0.3) is 0 Å². The summed E-state index contributed by atoms with van der Waals surface area (Å²) in [7, 11) is 1.55. The molecular weight excluding hydrogens is 330 g/mol. The van der Waals surface area contributed by atoms with Gasteiger partial charge in [-0.2, -0.15) is 0 Å². The van der Waals surface area contributed by atoms with Crippen LogP contribution in [0.15, 0.2) is 54.2 Å². The first-order valence-corrected chi connectivity index (χ1v) is 7.47. The highest BCUT2D eigenvalue weighted by molar-refractivity contribution is 6.30. The van der Waals surface area contributed by atoms with Gasteiger partial charge < -0.3 is 14.8 Å². The Morgan fingerprint density at radius 1 is 1.00 bits per heavy atom. The molecule has 124 valence electrons. The third-order valence-electron chi connectivity index (χ3n) is 2.98. The molecule has 2 aromatic rings. The number of benzene rings is 2. The molecule has 0 bridgehead atoms. The number of amides is 1. The molecule has 5 nitrogen and oxygen atoms in total. The molecule has 0 aliphatic carbocycles. The number of carbonyl (C=O) groups excluding carboxylic acids is 2. The lowest BCUT2D eigenvalue weighted by Gasteiger charge is -2.09. The standard InChI is InChI=1S/C18H16ClNO4/c1-12(21)20-17(11-13-3-5-14(19)6-4-13)18(22)24-16-9-7-15(23-2)8-10-16/h3-11H,1-2H3,(H,20,21)/b17-11+. The molecule has 0 fully saturated rings. The van der Waals surface area contributed by atoms with E-state index in [0.717, 1.165) is 0 Å². The zero-order valence-corrected chi connectivity index (χ0v) is 14.0. The lowest BCUT2D eigenvalue weighted by Crippen LogP contribution is -2.27. The second-order valence-corrected chi connectivity index (χ2v) is 5.29. The Balaban J connectivity index is 2.20. The number of nitrogens with one attached hydrogen (secondary N) is 1. The van der Waals surface area contributed by atoms with Gasteiger partial charge in [0.1, 0.15) is 17.2 Å². The largest absolute Gasteiger partial charge is 0.497 e. The van der Waals surface area contributed by atoms with Crippen molar-refractivity contribution >= 4 is 29.6 Å². The highest BCUT2D eigenvalue weighted by Gasteiger charge is 2.14. The van der Waals surface area contributed by atoms with Gasteiger partial charge in [0, 0.05) is 11.9 Å². The van der Waals surface area contributed by atoms with Gasteiger partial charge in [-0.15, -0.1) is 0 Å². The van der Waals surface area contributed by atoms with E-state index in [0.29, 0.717) is 22.1 Å². The maximum Gasteiger partial charge on any atom is 0.360 e. The molecule has 0 unspecified atom stereocenters. The van der Waals surface area contributed by atoms with E-state index in [1.807, 2.05) is 0 Å². The Morgan fingerprint density at radius 3 is 2.12 bits per heavy atom. The van der Waals surface area contributed by atoms with Crippen molar-refractivity contribution < 1.29 is 19.1 Å². The lowest BCUT2D eigenvalue weighted by atomic mass is 10.2.